The summed E-state index contributed by atoms with van der Waals surface area (Å²) < 4.78 is 27.3. The van der Waals surface area contributed by atoms with Crippen molar-refractivity contribution in [3.63, 3.8) is 0 Å². The third-order valence-electron chi connectivity index (χ3n) is 2.43. The molecule has 8 heteroatoms. The second kappa shape index (κ2) is 5.28. The molecule has 0 atom stereocenters. The first-order chi connectivity index (χ1) is 8.81. The van der Waals surface area contributed by atoms with Gasteiger partial charge < -0.3 is 0 Å². The van der Waals surface area contributed by atoms with Crippen LogP contribution < -0.4 is 4.72 Å². The fraction of sp³-hybridized carbons (Fsp3) is 0.182. The number of thiazole rings is 1. The van der Waals surface area contributed by atoms with Gasteiger partial charge in [0.05, 0.1) is 16.4 Å². The normalized spacial score (nSPS) is 11.6. The molecule has 1 aromatic heterocycles. The molecular weight excluding hydrogens is 327 g/mol. The van der Waals surface area contributed by atoms with Crippen molar-refractivity contribution in [3.05, 3.63) is 38.9 Å². The van der Waals surface area contributed by atoms with Crippen LogP contribution in [0.25, 0.3) is 0 Å². The number of rotatable bonds is 3. The first-order valence-electron chi connectivity index (χ1n) is 5.22. The van der Waals surface area contributed by atoms with Gasteiger partial charge in [-0.05, 0) is 25.5 Å². The summed E-state index contributed by atoms with van der Waals surface area (Å²) in [5, 5.41) is 0.344. The highest BCUT2D eigenvalue weighted by Gasteiger charge is 2.23. The SMILES string of the molecule is Cc1cccc(Cl)c1NS(=O)(=O)c1sc(Cl)nc1C. The first kappa shape index (κ1) is 14.6. The van der Waals surface area contributed by atoms with Gasteiger partial charge in [-0.25, -0.2) is 13.4 Å². The van der Waals surface area contributed by atoms with E-state index in [1.807, 2.05) is 0 Å². The zero-order valence-electron chi connectivity index (χ0n) is 10.1. The Labute approximate surface area is 125 Å². The maximum atomic E-state index is 12.3. The maximum Gasteiger partial charge on any atom is 0.273 e. The minimum absolute atomic E-state index is 0.0943. The van der Waals surface area contributed by atoms with Crippen LogP contribution in [0.15, 0.2) is 22.4 Å². The van der Waals surface area contributed by atoms with Gasteiger partial charge in [0.1, 0.15) is 0 Å². The van der Waals surface area contributed by atoms with E-state index < -0.39 is 10.0 Å². The van der Waals surface area contributed by atoms with Crippen LogP contribution >= 0.6 is 34.5 Å². The van der Waals surface area contributed by atoms with Gasteiger partial charge in [-0.1, -0.05) is 46.7 Å². The van der Waals surface area contributed by atoms with E-state index in [2.05, 4.69) is 9.71 Å². The van der Waals surface area contributed by atoms with Gasteiger partial charge in [0.15, 0.2) is 8.68 Å². The molecule has 4 nitrogen and oxygen atoms in total. The van der Waals surface area contributed by atoms with Crippen molar-refractivity contribution in [2.75, 3.05) is 4.72 Å². The molecule has 0 spiro atoms. The molecule has 1 aromatic carbocycles. The third-order valence-corrected chi connectivity index (χ3v) is 5.97. The van der Waals surface area contributed by atoms with Crippen LogP contribution in [0.4, 0.5) is 5.69 Å². The van der Waals surface area contributed by atoms with Crippen LogP contribution in [0.2, 0.25) is 9.49 Å². The van der Waals surface area contributed by atoms with Crippen LogP contribution in [0, 0.1) is 13.8 Å². The Balaban J connectivity index is 2.45. The van der Waals surface area contributed by atoms with E-state index in [0.717, 1.165) is 16.9 Å². The molecule has 0 aliphatic rings. The second-order valence-corrected chi connectivity index (χ2v) is 7.74. The van der Waals surface area contributed by atoms with Gasteiger partial charge in [-0.15, -0.1) is 0 Å². The molecular formula is C11H10Cl2N2O2S2. The molecule has 0 aliphatic heterocycles. The number of nitrogens with one attached hydrogen (secondary N) is 1. The predicted octanol–water partition coefficient (Wildman–Crippen LogP) is 3.87. The Hall–Kier alpha value is -0.820. The van der Waals surface area contributed by atoms with Gasteiger partial charge in [0.2, 0.25) is 0 Å². The standard InChI is InChI=1S/C11H10Cl2N2O2S2/c1-6-4-3-5-8(12)9(6)15-19(16,17)10-7(2)14-11(13)18-10/h3-5,15H,1-2H3. The topological polar surface area (TPSA) is 59.1 Å². The van der Waals surface area contributed by atoms with E-state index in [1.165, 1.54) is 0 Å². The quantitative estimate of drug-likeness (QED) is 0.925. The van der Waals surface area contributed by atoms with Crippen molar-refractivity contribution >= 4 is 50.2 Å². The van der Waals surface area contributed by atoms with Gasteiger partial charge >= 0.3 is 0 Å². The summed E-state index contributed by atoms with van der Waals surface area (Å²) in [5.41, 5.74) is 1.48. The lowest BCUT2D eigenvalue weighted by molar-refractivity contribution is 0.602. The maximum absolute atomic E-state index is 12.3. The fourth-order valence-electron chi connectivity index (χ4n) is 1.54. The van der Waals surface area contributed by atoms with E-state index in [-0.39, 0.29) is 8.68 Å². The zero-order chi connectivity index (χ0) is 14.2. The van der Waals surface area contributed by atoms with Crippen molar-refractivity contribution in [3.8, 4) is 0 Å². The average molecular weight is 337 g/mol. The number of halogens is 2. The summed E-state index contributed by atoms with van der Waals surface area (Å²) in [6.07, 6.45) is 0. The number of nitrogens with zero attached hydrogens (tertiary/aromatic N) is 1. The molecule has 0 saturated heterocycles. The number of para-hydroxylation sites is 1. The van der Waals surface area contributed by atoms with Crippen molar-refractivity contribution in [2.24, 2.45) is 0 Å². The summed E-state index contributed by atoms with van der Waals surface area (Å²) >= 11 is 12.6. The third kappa shape index (κ3) is 3.02. The lowest BCUT2D eigenvalue weighted by atomic mass is 10.2. The molecule has 1 N–H and O–H groups in total. The van der Waals surface area contributed by atoms with Crippen molar-refractivity contribution < 1.29 is 8.42 Å². The van der Waals surface area contributed by atoms with E-state index in [9.17, 15) is 8.42 Å². The van der Waals surface area contributed by atoms with Crippen molar-refractivity contribution in [2.45, 2.75) is 18.1 Å². The van der Waals surface area contributed by atoms with Gasteiger partial charge in [0, 0.05) is 0 Å². The molecule has 0 aliphatic carbocycles. The summed E-state index contributed by atoms with van der Waals surface area (Å²) in [6.45, 7) is 3.37. The van der Waals surface area contributed by atoms with Crippen LogP contribution in [0.5, 0.6) is 0 Å². The van der Waals surface area contributed by atoms with Crippen LogP contribution in [0.1, 0.15) is 11.3 Å². The fourth-order valence-corrected chi connectivity index (χ4v) is 4.76. The van der Waals surface area contributed by atoms with E-state index in [4.69, 9.17) is 23.2 Å². The molecule has 2 rings (SSSR count). The Morgan fingerprint density at radius 3 is 2.47 bits per heavy atom. The monoisotopic (exact) mass is 336 g/mol. The largest absolute Gasteiger partial charge is 0.277 e. The number of hydrogen-bond acceptors (Lipinski definition) is 4. The van der Waals surface area contributed by atoms with E-state index >= 15 is 0 Å². The Morgan fingerprint density at radius 2 is 1.95 bits per heavy atom. The highest BCUT2D eigenvalue weighted by molar-refractivity contribution is 7.94. The zero-order valence-corrected chi connectivity index (χ0v) is 13.2. The van der Waals surface area contributed by atoms with Crippen molar-refractivity contribution in [1.29, 1.82) is 0 Å². The number of benzene rings is 1. The molecule has 1 heterocycles. The lowest BCUT2D eigenvalue weighted by Crippen LogP contribution is -2.13. The smallest absolute Gasteiger partial charge is 0.273 e. The minimum atomic E-state index is -3.73. The molecule has 2 aromatic rings. The number of hydrogen-bond donors (Lipinski definition) is 1. The number of aryl methyl sites for hydroxylation is 2. The second-order valence-electron chi connectivity index (χ2n) is 3.88. The molecule has 102 valence electrons. The summed E-state index contributed by atoms with van der Waals surface area (Å²) in [4.78, 5) is 3.90. The highest BCUT2D eigenvalue weighted by Crippen LogP contribution is 2.32. The molecule has 19 heavy (non-hydrogen) atoms. The minimum Gasteiger partial charge on any atom is -0.277 e. The molecule has 0 bridgehead atoms. The first-order valence-corrected chi connectivity index (χ1v) is 8.27. The number of anilines is 1. The predicted molar refractivity (Wildman–Crippen MR) is 78.9 cm³/mol. The Kier molecular flexibility index (Phi) is 4.06. The molecule has 0 radical (unpaired) electrons. The summed E-state index contributed by atoms with van der Waals surface area (Å²) in [5.74, 6) is 0. The Bertz CT molecular complexity index is 706. The Morgan fingerprint density at radius 1 is 1.26 bits per heavy atom. The molecule has 0 unspecified atom stereocenters. The number of aromatic nitrogens is 1. The lowest BCUT2D eigenvalue weighted by Gasteiger charge is -2.11. The average Bonchev–Trinajstić information content (AvgIpc) is 2.64. The van der Waals surface area contributed by atoms with Crippen LogP contribution in [-0.2, 0) is 10.0 Å². The van der Waals surface area contributed by atoms with Crippen LogP contribution in [-0.4, -0.2) is 13.4 Å². The van der Waals surface area contributed by atoms with Gasteiger partial charge in [-0.2, -0.15) is 0 Å². The van der Waals surface area contributed by atoms with Gasteiger partial charge in [0.25, 0.3) is 10.0 Å². The number of sulfonamides is 1. The van der Waals surface area contributed by atoms with Crippen LogP contribution in [0.3, 0.4) is 0 Å². The summed E-state index contributed by atoms with van der Waals surface area (Å²) in [7, 11) is -3.73. The van der Waals surface area contributed by atoms with E-state index in [1.54, 1.807) is 32.0 Å². The molecule has 0 saturated carbocycles. The van der Waals surface area contributed by atoms with Crippen molar-refractivity contribution in [1.82, 2.24) is 4.98 Å². The molecule has 0 fully saturated rings. The molecule has 0 amide bonds. The van der Waals surface area contributed by atoms with E-state index in [0.29, 0.717) is 16.4 Å². The van der Waals surface area contributed by atoms with Gasteiger partial charge in [-0.3, -0.25) is 4.72 Å². The highest BCUT2D eigenvalue weighted by atomic mass is 35.5. The summed E-state index contributed by atoms with van der Waals surface area (Å²) in [6, 6.07) is 5.15.